The number of benzene rings is 1. The summed E-state index contributed by atoms with van der Waals surface area (Å²) in [7, 11) is 1.67. The highest BCUT2D eigenvalue weighted by atomic mass is 16.2. The summed E-state index contributed by atoms with van der Waals surface area (Å²) in [6.45, 7) is 6.16. The second-order valence-electron chi connectivity index (χ2n) is 6.69. The maximum atomic E-state index is 12.5. The predicted octanol–water partition coefficient (Wildman–Crippen LogP) is 1.86. The number of guanidine groups is 1. The van der Waals surface area contributed by atoms with Gasteiger partial charge in [0.1, 0.15) is 0 Å². The number of nitrogens with one attached hydrogen (secondary N) is 1. The number of rotatable bonds is 2. The van der Waals surface area contributed by atoms with Crippen LogP contribution in [0.5, 0.6) is 0 Å². The average Bonchev–Trinajstić information content (AvgIpc) is 3.10. The van der Waals surface area contributed by atoms with Crippen molar-refractivity contribution >= 4 is 17.9 Å². The molecule has 0 aromatic heterocycles. The molecule has 3 amide bonds. The summed E-state index contributed by atoms with van der Waals surface area (Å²) in [5.41, 5.74) is 3.23. The molecule has 3 aliphatic rings. The van der Waals surface area contributed by atoms with Gasteiger partial charge in [0.15, 0.2) is 12.2 Å². The van der Waals surface area contributed by atoms with E-state index in [1.165, 1.54) is 10.5 Å². The fourth-order valence-electron chi connectivity index (χ4n) is 3.83. The van der Waals surface area contributed by atoms with Gasteiger partial charge in [-0.3, -0.25) is 15.0 Å². The molecule has 0 radical (unpaired) electrons. The smallest absolute Gasteiger partial charge is 0.307 e. The summed E-state index contributed by atoms with van der Waals surface area (Å²) >= 11 is 0. The molecule has 0 bridgehead atoms. The highest BCUT2D eigenvalue weighted by molar-refractivity contribution is 6.05. The monoisotopic (exact) mass is 339 g/mol. The molecule has 7 nitrogen and oxygen atoms in total. The lowest BCUT2D eigenvalue weighted by Crippen LogP contribution is -2.63. The first-order chi connectivity index (χ1) is 11.9. The highest BCUT2D eigenvalue weighted by Gasteiger charge is 2.53. The number of nitrogens with zero attached hydrogens (tertiary/aromatic N) is 4. The molecule has 0 aliphatic carbocycles. The van der Waals surface area contributed by atoms with Crippen molar-refractivity contribution in [2.75, 3.05) is 7.05 Å². The van der Waals surface area contributed by atoms with Crippen LogP contribution in [0.15, 0.2) is 46.7 Å². The Hall–Kier alpha value is -2.83. The predicted molar refractivity (Wildman–Crippen MR) is 93.2 cm³/mol. The SMILES string of the molecule is CC1=C(C)N2C(=NC3C2C(=O)NC(=O)N3C)N1C(C)c1ccccc1. The molecular weight excluding hydrogens is 318 g/mol. The van der Waals surface area contributed by atoms with E-state index in [9.17, 15) is 9.59 Å². The van der Waals surface area contributed by atoms with Crippen LogP contribution < -0.4 is 5.32 Å². The first kappa shape index (κ1) is 15.7. The molecule has 3 unspecified atom stereocenters. The maximum Gasteiger partial charge on any atom is 0.325 e. The number of imide groups is 1. The van der Waals surface area contributed by atoms with Gasteiger partial charge in [0.25, 0.3) is 5.91 Å². The van der Waals surface area contributed by atoms with E-state index in [2.05, 4.69) is 29.3 Å². The van der Waals surface area contributed by atoms with Crippen molar-refractivity contribution in [1.29, 1.82) is 0 Å². The molecule has 1 saturated heterocycles. The number of carbonyl (C=O) groups is 2. The lowest BCUT2D eigenvalue weighted by Gasteiger charge is -2.35. The minimum absolute atomic E-state index is 0.0733. The molecule has 3 heterocycles. The minimum atomic E-state index is -0.513. The van der Waals surface area contributed by atoms with Crippen molar-refractivity contribution in [3.05, 3.63) is 47.3 Å². The van der Waals surface area contributed by atoms with E-state index in [0.717, 1.165) is 17.4 Å². The number of allylic oxidation sites excluding steroid dienone is 2. The van der Waals surface area contributed by atoms with E-state index in [0.29, 0.717) is 0 Å². The molecule has 0 spiro atoms. The number of hydrogen-bond donors (Lipinski definition) is 1. The Morgan fingerprint density at radius 2 is 1.80 bits per heavy atom. The number of aliphatic imine (C=N–C) groups is 1. The normalized spacial score (nSPS) is 26.6. The minimum Gasteiger partial charge on any atom is -0.307 e. The number of fused-ring (bicyclic) bond motifs is 3. The standard InChI is InChI=1S/C18H21N5O2/c1-10-11(2)23-14-15(21(4)18(25)20-16(14)24)19-17(23)22(10)12(3)13-8-6-5-7-9-13/h5-9,12,14-15H,1-4H3,(H,20,24,25). The summed E-state index contributed by atoms with van der Waals surface area (Å²) in [4.78, 5) is 34.7. The van der Waals surface area contributed by atoms with Gasteiger partial charge in [0.2, 0.25) is 5.96 Å². The Kier molecular flexibility index (Phi) is 3.35. The molecular formula is C18H21N5O2. The number of likely N-dealkylation sites (N-methyl/N-ethyl adjacent to an activating group) is 1. The largest absolute Gasteiger partial charge is 0.325 e. The van der Waals surface area contributed by atoms with Gasteiger partial charge in [0.05, 0.1) is 6.04 Å². The van der Waals surface area contributed by atoms with Crippen LogP contribution in [0, 0.1) is 0 Å². The number of hydrogen-bond acceptors (Lipinski definition) is 5. The Morgan fingerprint density at radius 3 is 2.48 bits per heavy atom. The first-order valence-electron chi connectivity index (χ1n) is 8.38. The summed E-state index contributed by atoms with van der Waals surface area (Å²) in [6, 6.07) is 9.35. The van der Waals surface area contributed by atoms with E-state index in [1.54, 1.807) is 7.05 Å². The Balaban J connectivity index is 1.76. The lowest BCUT2D eigenvalue weighted by molar-refractivity contribution is -0.126. The van der Waals surface area contributed by atoms with Crippen LogP contribution in [0.2, 0.25) is 0 Å². The molecule has 1 fully saturated rings. The van der Waals surface area contributed by atoms with Gasteiger partial charge in [-0.2, -0.15) is 0 Å². The second-order valence-corrected chi connectivity index (χ2v) is 6.69. The van der Waals surface area contributed by atoms with Gasteiger partial charge in [-0.05, 0) is 26.3 Å². The Morgan fingerprint density at radius 1 is 1.12 bits per heavy atom. The zero-order valence-corrected chi connectivity index (χ0v) is 14.7. The van der Waals surface area contributed by atoms with Gasteiger partial charge in [-0.1, -0.05) is 30.3 Å². The van der Waals surface area contributed by atoms with Crippen LogP contribution >= 0.6 is 0 Å². The van der Waals surface area contributed by atoms with Gasteiger partial charge in [-0.25, -0.2) is 9.79 Å². The van der Waals surface area contributed by atoms with Crippen molar-refractivity contribution in [3.8, 4) is 0 Å². The van der Waals surface area contributed by atoms with Crippen molar-refractivity contribution < 1.29 is 9.59 Å². The molecule has 0 saturated carbocycles. The van der Waals surface area contributed by atoms with Crippen molar-refractivity contribution in [1.82, 2.24) is 20.0 Å². The van der Waals surface area contributed by atoms with E-state index in [-0.39, 0.29) is 11.9 Å². The van der Waals surface area contributed by atoms with Gasteiger partial charge < -0.3 is 9.80 Å². The number of amides is 3. The average molecular weight is 339 g/mol. The number of urea groups is 1. The third kappa shape index (κ3) is 2.08. The van der Waals surface area contributed by atoms with Crippen LogP contribution in [0.4, 0.5) is 4.79 Å². The topological polar surface area (TPSA) is 68.2 Å². The van der Waals surface area contributed by atoms with Crippen molar-refractivity contribution in [3.63, 3.8) is 0 Å². The Bertz CT molecular complexity index is 816. The van der Waals surface area contributed by atoms with Crippen LogP contribution in [0.25, 0.3) is 0 Å². The van der Waals surface area contributed by atoms with Crippen molar-refractivity contribution in [2.45, 2.75) is 39.0 Å². The quantitative estimate of drug-likeness (QED) is 0.893. The number of carbonyl (C=O) groups excluding carboxylic acids is 2. The fourth-order valence-corrected chi connectivity index (χ4v) is 3.83. The third-order valence-corrected chi connectivity index (χ3v) is 5.37. The Labute approximate surface area is 146 Å². The molecule has 4 rings (SSSR count). The van der Waals surface area contributed by atoms with E-state index in [1.807, 2.05) is 36.9 Å². The molecule has 25 heavy (non-hydrogen) atoms. The van der Waals surface area contributed by atoms with Crippen LogP contribution in [0.1, 0.15) is 32.4 Å². The maximum absolute atomic E-state index is 12.5. The van der Waals surface area contributed by atoms with Gasteiger partial charge in [0, 0.05) is 18.4 Å². The summed E-state index contributed by atoms with van der Waals surface area (Å²) in [5.74, 6) is 0.436. The molecule has 130 valence electrons. The van der Waals surface area contributed by atoms with Crippen LogP contribution in [-0.4, -0.2) is 51.9 Å². The van der Waals surface area contributed by atoms with Crippen molar-refractivity contribution in [2.24, 2.45) is 4.99 Å². The molecule has 1 aromatic rings. The zero-order chi connectivity index (χ0) is 17.9. The summed E-state index contributed by atoms with van der Waals surface area (Å²) < 4.78 is 0. The summed E-state index contributed by atoms with van der Waals surface area (Å²) in [6.07, 6.45) is -0.496. The summed E-state index contributed by atoms with van der Waals surface area (Å²) in [5, 5.41) is 2.42. The van der Waals surface area contributed by atoms with E-state index in [4.69, 9.17) is 4.99 Å². The van der Waals surface area contributed by atoms with E-state index < -0.39 is 18.2 Å². The van der Waals surface area contributed by atoms with Crippen LogP contribution in [-0.2, 0) is 4.79 Å². The second kappa shape index (κ2) is 5.34. The molecule has 1 N–H and O–H groups in total. The molecule has 3 atom stereocenters. The molecule has 1 aromatic carbocycles. The van der Waals surface area contributed by atoms with Gasteiger partial charge >= 0.3 is 6.03 Å². The fraction of sp³-hybridized carbons (Fsp3) is 0.389. The highest BCUT2D eigenvalue weighted by Crippen LogP contribution is 2.40. The first-order valence-corrected chi connectivity index (χ1v) is 8.38. The van der Waals surface area contributed by atoms with Gasteiger partial charge in [-0.15, -0.1) is 0 Å². The van der Waals surface area contributed by atoms with E-state index >= 15 is 0 Å². The third-order valence-electron chi connectivity index (χ3n) is 5.37. The molecule has 3 aliphatic heterocycles. The zero-order valence-electron chi connectivity index (χ0n) is 14.7. The molecule has 7 heteroatoms. The van der Waals surface area contributed by atoms with Crippen LogP contribution in [0.3, 0.4) is 0 Å². The lowest BCUT2D eigenvalue weighted by atomic mass is 10.1.